The van der Waals surface area contributed by atoms with E-state index >= 15 is 0 Å². The van der Waals surface area contributed by atoms with Gasteiger partial charge in [-0.05, 0) is 37.6 Å². The van der Waals surface area contributed by atoms with Crippen LogP contribution in [0.4, 0.5) is 0 Å². The van der Waals surface area contributed by atoms with E-state index in [1.165, 1.54) is 0 Å². The molecule has 0 aromatic heterocycles. The molecule has 0 heterocycles. The number of carbonyl (C=O) groups is 2. The van der Waals surface area contributed by atoms with Gasteiger partial charge in [0, 0.05) is 25.1 Å². The van der Waals surface area contributed by atoms with Gasteiger partial charge >= 0.3 is 0 Å². The topological polar surface area (TPSA) is 67.4 Å². The summed E-state index contributed by atoms with van der Waals surface area (Å²) in [6.45, 7) is 5.43. The lowest BCUT2D eigenvalue weighted by Gasteiger charge is -2.08. The summed E-state index contributed by atoms with van der Waals surface area (Å²) in [5.74, 6) is 0.630. The SMILES string of the molecule is CCCCC(=O)NCCNC(=O)c1ccc(OCC)cc1. The molecule has 0 atom stereocenters. The fourth-order valence-electron chi connectivity index (χ4n) is 1.77. The molecule has 0 spiro atoms. The molecule has 0 saturated carbocycles. The molecule has 21 heavy (non-hydrogen) atoms. The first-order valence-electron chi connectivity index (χ1n) is 7.45. The minimum atomic E-state index is -0.152. The summed E-state index contributed by atoms with van der Waals surface area (Å²) in [4.78, 5) is 23.2. The molecular formula is C16H24N2O3. The van der Waals surface area contributed by atoms with E-state index in [4.69, 9.17) is 4.74 Å². The highest BCUT2D eigenvalue weighted by atomic mass is 16.5. The van der Waals surface area contributed by atoms with Gasteiger partial charge in [0.2, 0.25) is 5.91 Å². The molecular weight excluding hydrogens is 268 g/mol. The number of benzene rings is 1. The van der Waals surface area contributed by atoms with Crippen LogP contribution in [0.3, 0.4) is 0 Å². The van der Waals surface area contributed by atoms with Crippen LogP contribution in [0.1, 0.15) is 43.5 Å². The Hall–Kier alpha value is -2.04. The molecule has 0 aliphatic rings. The highest BCUT2D eigenvalue weighted by molar-refractivity contribution is 5.94. The second-order valence-electron chi connectivity index (χ2n) is 4.67. The van der Waals surface area contributed by atoms with Gasteiger partial charge in [0.1, 0.15) is 5.75 Å². The molecule has 0 aliphatic carbocycles. The Morgan fingerprint density at radius 2 is 1.71 bits per heavy atom. The summed E-state index contributed by atoms with van der Waals surface area (Å²) >= 11 is 0. The second kappa shape index (κ2) is 9.80. The second-order valence-corrected chi connectivity index (χ2v) is 4.67. The molecule has 1 rings (SSSR count). The Balaban J connectivity index is 2.25. The van der Waals surface area contributed by atoms with E-state index in [1.54, 1.807) is 24.3 Å². The average molecular weight is 292 g/mol. The van der Waals surface area contributed by atoms with Crippen molar-refractivity contribution < 1.29 is 14.3 Å². The molecule has 116 valence electrons. The summed E-state index contributed by atoms with van der Waals surface area (Å²) in [5.41, 5.74) is 0.579. The van der Waals surface area contributed by atoms with Gasteiger partial charge in [-0.1, -0.05) is 13.3 Å². The minimum absolute atomic E-state index is 0.0344. The lowest BCUT2D eigenvalue weighted by molar-refractivity contribution is -0.121. The maximum atomic E-state index is 11.9. The number of unbranched alkanes of at least 4 members (excludes halogenated alkanes) is 1. The summed E-state index contributed by atoms with van der Waals surface area (Å²) in [6.07, 6.45) is 2.44. The fraction of sp³-hybridized carbons (Fsp3) is 0.500. The first-order valence-corrected chi connectivity index (χ1v) is 7.45. The number of carbonyl (C=O) groups excluding carboxylic acids is 2. The lowest BCUT2D eigenvalue weighted by atomic mass is 10.2. The van der Waals surface area contributed by atoms with Crippen molar-refractivity contribution in [1.82, 2.24) is 10.6 Å². The zero-order chi connectivity index (χ0) is 15.5. The molecule has 0 saturated heterocycles. The Morgan fingerprint density at radius 3 is 2.33 bits per heavy atom. The van der Waals surface area contributed by atoms with Crippen molar-refractivity contribution in [2.75, 3.05) is 19.7 Å². The predicted molar refractivity (Wildman–Crippen MR) is 82.5 cm³/mol. The molecule has 5 heteroatoms. The van der Waals surface area contributed by atoms with Gasteiger partial charge in [-0.25, -0.2) is 0 Å². The molecule has 2 amide bonds. The third-order valence-corrected chi connectivity index (χ3v) is 2.92. The van der Waals surface area contributed by atoms with Crippen molar-refractivity contribution in [1.29, 1.82) is 0 Å². The predicted octanol–water partition coefficient (Wildman–Crippen LogP) is 2.12. The van der Waals surface area contributed by atoms with Gasteiger partial charge < -0.3 is 15.4 Å². The van der Waals surface area contributed by atoms with Crippen LogP contribution in [0.2, 0.25) is 0 Å². The van der Waals surface area contributed by atoms with E-state index in [1.807, 2.05) is 13.8 Å². The number of hydrogen-bond acceptors (Lipinski definition) is 3. The third kappa shape index (κ3) is 6.79. The van der Waals surface area contributed by atoms with Gasteiger partial charge in [0.15, 0.2) is 0 Å². The van der Waals surface area contributed by atoms with Crippen molar-refractivity contribution in [3.05, 3.63) is 29.8 Å². The summed E-state index contributed by atoms with van der Waals surface area (Å²) in [7, 11) is 0. The molecule has 5 nitrogen and oxygen atoms in total. The zero-order valence-corrected chi connectivity index (χ0v) is 12.8. The van der Waals surface area contributed by atoms with Crippen molar-refractivity contribution >= 4 is 11.8 Å². The van der Waals surface area contributed by atoms with Crippen LogP contribution in [-0.2, 0) is 4.79 Å². The smallest absolute Gasteiger partial charge is 0.251 e. The number of hydrogen-bond donors (Lipinski definition) is 2. The Labute approximate surface area is 126 Å². The van der Waals surface area contributed by atoms with Gasteiger partial charge in [0.05, 0.1) is 6.61 Å². The average Bonchev–Trinajstić information content (AvgIpc) is 2.50. The fourth-order valence-corrected chi connectivity index (χ4v) is 1.77. The molecule has 0 bridgehead atoms. The van der Waals surface area contributed by atoms with Gasteiger partial charge in [-0.2, -0.15) is 0 Å². The Bertz CT molecular complexity index is 443. The van der Waals surface area contributed by atoms with Gasteiger partial charge in [0.25, 0.3) is 5.91 Å². The van der Waals surface area contributed by atoms with Crippen molar-refractivity contribution in [2.45, 2.75) is 33.1 Å². The monoisotopic (exact) mass is 292 g/mol. The van der Waals surface area contributed by atoms with Crippen LogP contribution >= 0.6 is 0 Å². The van der Waals surface area contributed by atoms with Crippen LogP contribution in [0.15, 0.2) is 24.3 Å². The van der Waals surface area contributed by atoms with Gasteiger partial charge in [-0.3, -0.25) is 9.59 Å². The van der Waals surface area contributed by atoms with Crippen LogP contribution < -0.4 is 15.4 Å². The largest absolute Gasteiger partial charge is 0.494 e. The summed E-state index contributed by atoms with van der Waals surface area (Å²) in [5, 5.41) is 5.54. The van der Waals surface area contributed by atoms with E-state index < -0.39 is 0 Å². The first kappa shape index (κ1) is 17.0. The zero-order valence-electron chi connectivity index (χ0n) is 12.8. The molecule has 0 unspecified atom stereocenters. The molecule has 0 aliphatic heterocycles. The minimum Gasteiger partial charge on any atom is -0.494 e. The van der Waals surface area contributed by atoms with Crippen LogP contribution in [0, 0.1) is 0 Å². The standard InChI is InChI=1S/C16H24N2O3/c1-3-5-6-15(19)17-11-12-18-16(20)13-7-9-14(10-8-13)21-4-2/h7-10H,3-6,11-12H2,1-2H3,(H,17,19)(H,18,20). The van der Waals surface area contributed by atoms with E-state index in [0.29, 0.717) is 31.7 Å². The summed E-state index contributed by atoms with van der Waals surface area (Å²) in [6, 6.07) is 6.98. The van der Waals surface area contributed by atoms with Crippen molar-refractivity contribution in [2.24, 2.45) is 0 Å². The maximum Gasteiger partial charge on any atom is 0.251 e. The Kier molecular flexibility index (Phi) is 7.94. The van der Waals surface area contributed by atoms with Gasteiger partial charge in [-0.15, -0.1) is 0 Å². The summed E-state index contributed by atoms with van der Waals surface area (Å²) < 4.78 is 5.32. The number of ether oxygens (including phenoxy) is 1. The third-order valence-electron chi connectivity index (χ3n) is 2.92. The van der Waals surface area contributed by atoms with Crippen LogP contribution in [-0.4, -0.2) is 31.5 Å². The lowest BCUT2D eigenvalue weighted by Crippen LogP contribution is -2.34. The Morgan fingerprint density at radius 1 is 1.05 bits per heavy atom. The molecule has 1 aromatic rings. The van der Waals surface area contributed by atoms with E-state index in [2.05, 4.69) is 10.6 Å². The number of nitrogens with one attached hydrogen (secondary N) is 2. The molecule has 0 fully saturated rings. The van der Waals surface area contributed by atoms with Crippen LogP contribution in [0.5, 0.6) is 5.75 Å². The van der Waals surface area contributed by atoms with Crippen LogP contribution in [0.25, 0.3) is 0 Å². The van der Waals surface area contributed by atoms with Crippen molar-refractivity contribution in [3.63, 3.8) is 0 Å². The van der Waals surface area contributed by atoms with E-state index in [-0.39, 0.29) is 11.8 Å². The van der Waals surface area contributed by atoms with E-state index in [0.717, 1.165) is 18.6 Å². The maximum absolute atomic E-state index is 11.9. The molecule has 2 N–H and O–H groups in total. The normalized spacial score (nSPS) is 10.0. The first-order chi connectivity index (χ1) is 10.2. The quantitative estimate of drug-likeness (QED) is 0.685. The number of amides is 2. The number of rotatable bonds is 9. The van der Waals surface area contributed by atoms with E-state index in [9.17, 15) is 9.59 Å². The molecule has 0 radical (unpaired) electrons. The highest BCUT2D eigenvalue weighted by Crippen LogP contribution is 2.11. The van der Waals surface area contributed by atoms with Crippen molar-refractivity contribution in [3.8, 4) is 5.75 Å². The highest BCUT2D eigenvalue weighted by Gasteiger charge is 2.05. The molecule has 1 aromatic carbocycles.